The molecular weight excluding hydrogens is 360 g/mol. The fourth-order valence-corrected chi connectivity index (χ4v) is 3.35. The van der Waals surface area contributed by atoms with Crippen molar-refractivity contribution in [3.8, 4) is 5.75 Å². The van der Waals surface area contributed by atoms with Gasteiger partial charge in [-0.25, -0.2) is 0 Å². The Morgan fingerprint density at radius 2 is 1.67 bits per heavy atom. The van der Waals surface area contributed by atoms with E-state index in [-0.39, 0.29) is 5.91 Å². The van der Waals surface area contributed by atoms with Gasteiger partial charge in [-0.05, 0) is 50.1 Å². The van der Waals surface area contributed by atoms with Crippen LogP contribution in [0.4, 0.5) is 0 Å². The molecule has 0 spiro atoms. The predicted molar refractivity (Wildman–Crippen MR) is 109 cm³/mol. The van der Waals surface area contributed by atoms with E-state index in [1.165, 1.54) is 0 Å². The number of amides is 2. The second-order valence-corrected chi connectivity index (χ2v) is 8.18. The highest BCUT2D eigenvalue weighted by molar-refractivity contribution is 8.00. The fourth-order valence-electron chi connectivity index (χ4n) is 2.39. The van der Waals surface area contributed by atoms with Gasteiger partial charge in [0, 0.05) is 10.1 Å². The fraction of sp³-hybridized carbons (Fsp3) is 0.333. The average molecular weight is 387 g/mol. The van der Waals surface area contributed by atoms with E-state index in [1.807, 2.05) is 44.2 Å². The number of ether oxygens (including phenoxy) is 1. The lowest BCUT2D eigenvalue weighted by Crippen LogP contribution is -2.47. The van der Waals surface area contributed by atoms with Gasteiger partial charge in [-0.1, -0.05) is 38.1 Å². The number of thioether (sulfide) groups is 1. The van der Waals surface area contributed by atoms with Crippen molar-refractivity contribution in [1.29, 1.82) is 0 Å². The van der Waals surface area contributed by atoms with Crippen molar-refractivity contribution < 1.29 is 14.3 Å². The molecule has 0 heterocycles. The molecule has 27 heavy (non-hydrogen) atoms. The van der Waals surface area contributed by atoms with Gasteiger partial charge < -0.3 is 4.74 Å². The molecule has 0 saturated heterocycles. The summed E-state index contributed by atoms with van der Waals surface area (Å²) in [4.78, 5) is 25.6. The lowest BCUT2D eigenvalue weighted by Gasteiger charge is -2.18. The first-order chi connectivity index (χ1) is 12.8. The largest absolute Gasteiger partial charge is 0.481 e. The molecule has 1 atom stereocenters. The first-order valence-corrected chi connectivity index (χ1v) is 9.76. The summed E-state index contributed by atoms with van der Waals surface area (Å²) in [5, 5.41) is 0.347. The van der Waals surface area contributed by atoms with Crippen LogP contribution in [0.5, 0.6) is 5.75 Å². The standard InChI is InChI=1S/C21H26N2O3S/c1-13(2)27-19-12-7-6-10-17(19)21(25)23-22-20(24)16(5)26-18-11-8-9-14(3)15(18)4/h6-13,16H,1-5H3,(H,22,24)(H,23,25). The summed E-state index contributed by atoms with van der Waals surface area (Å²) in [6, 6.07) is 13.0. The van der Waals surface area contributed by atoms with Gasteiger partial charge in [0.05, 0.1) is 5.56 Å². The van der Waals surface area contributed by atoms with E-state index in [1.54, 1.807) is 30.8 Å². The van der Waals surface area contributed by atoms with E-state index >= 15 is 0 Å². The normalized spacial score (nSPS) is 11.8. The van der Waals surface area contributed by atoms with Crippen molar-refractivity contribution in [1.82, 2.24) is 10.9 Å². The number of carbonyl (C=O) groups is 2. The van der Waals surface area contributed by atoms with Gasteiger partial charge in [0.15, 0.2) is 6.10 Å². The maximum Gasteiger partial charge on any atom is 0.279 e. The second-order valence-electron chi connectivity index (χ2n) is 6.56. The van der Waals surface area contributed by atoms with Crippen LogP contribution in [-0.4, -0.2) is 23.2 Å². The van der Waals surface area contributed by atoms with Crippen LogP contribution in [0.2, 0.25) is 0 Å². The lowest BCUT2D eigenvalue weighted by molar-refractivity contribution is -0.128. The van der Waals surface area contributed by atoms with Crippen molar-refractivity contribution in [2.75, 3.05) is 0 Å². The molecule has 0 aromatic heterocycles. The van der Waals surface area contributed by atoms with Crippen LogP contribution in [0.1, 0.15) is 42.3 Å². The molecule has 5 nitrogen and oxygen atoms in total. The van der Waals surface area contributed by atoms with E-state index in [9.17, 15) is 9.59 Å². The minimum absolute atomic E-state index is 0.347. The maximum atomic E-state index is 12.5. The minimum Gasteiger partial charge on any atom is -0.481 e. The Morgan fingerprint density at radius 1 is 0.963 bits per heavy atom. The first-order valence-electron chi connectivity index (χ1n) is 8.88. The molecule has 6 heteroatoms. The smallest absolute Gasteiger partial charge is 0.279 e. The van der Waals surface area contributed by atoms with Crippen molar-refractivity contribution >= 4 is 23.6 Å². The molecule has 1 unspecified atom stereocenters. The number of hydrogen-bond acceptors (Lipinski definition) is 4. The summed E-state index contributed by atoms with van der Waals surface area (Å²) in [7, 11) is 0. The summed E-state index contributed by atoms with van der Waals surface area (Å²) < 4.78 is 5.73. The molecule has 2 rings (SSSR count). The number of hydrazine groups is 1. The summed E-state index contributed by atoms with van der Waals surface area (Å²) in [5.41, 5.74) is 7.52. The number of carbonyl (C=O) groups excluding carboxylic acids is 2. The van der Waals surface area contributed by atoms with Gasteiger partial charge in [0.25, 0.3) is 11.8 Å². The Hall–Kier alpha value is -2.47. The molecule has 0 radical (unpaired) electrons. The Kier molecular flexibility index (Phi) is 7.30. The zero-order valence-electron chi connectivity index (χ0n) is 16.3. The topological polar surface area (TPSA) is 67.4 Å². The van der Waals surface area contributed by atoms with Crippen molar-refractivity contribution in [3.63, 3.8) is 0 Å². The quantitative estimate of drug-likeness (QED) is 0.581. The summed E-state index contributed by atoms with van der Waals surface area (Å²) >= 11 is 1.60. The molecule has 2 aromatic carbocycles. The highest BCUT2D eigenvalue weighted by Crippen LogP contribution is 2.26. The van der Waals surface area contributed by atoms with Crippen LogP contribution in [0, 0.1) is 13.8 Å². The lowest BCUT2D eigenvalue weighted by atomic mass is 10.1. The Morgan fingerprint density at radius 3 is 2.37 bits per heavy atom. The van der Waals surface area contributed by atoms with Gasteiger partial charge >= 0.3 is 0 Å². The molecule has 0 fully saturated rings. The van der Waals surface area contributed by atoms with E-state index in [0.29, 0.717) is 16.6 Å². The third-order valence-electron chi connectivity index (χ3n) is 4.02. The van der Waals surface area contributed by atoms with E-state index in [0.717, 1.165) is 16.0 Å². The molecule has 0 aliphatic heterocycles. The maximum absolute atomic E-state index is 12.5. The minimum atomic E-state index is -0.744. The number of hydrogen-bond donors (Lipinski definition) is 2. The van der Waals surface area contributed by atoms with Gasteiger partial charge in [-0.3, -0.25) is 20.4 Å². The van der Waals surface area contributed by atoms with Crippen molar-refractivity contribution in [3.05, 3.63) is 59.2 Å². The Labute approximate surface area is 164 Å². The van der Waals surface area contributed by atoms with Crippen LogP contribution in [0.3, 0.4) is 0 Å². The van der Waals surface area contributed by atoms with Crippen molar-refractivity contribution in [2.24, 2.45) is 0 Å². The highest BCUT2D eigenvalue weighted by atomic mass is 32.2. The highest BCUT2D eigenvalue weighted by Gasteiger charge is 2.18. The van der Waals surface area contributed by atoms with Gasteiger partial charge in [0.1, 0.15) is 5.75 Å². The zero-order valence-corrected chi connectivity index (χ0v) is 17.1. The summed E-state index contributed by atoms with van der Waals surface area (Å²) in [6.45, 7) is 9.70. The van der Waals surface area contributed by atoms with Crippen LogP contribution in [0.25, 0.3) is 0 Å². The molecule has 0 aliphatic rings. The third kappa shape index (κ3) is 5.76. The van der Waals surface area contributed by atoms with Gasteiger partial charge in [0.2, 0.25) is 0 Å². The molecule has 2 amide bonds. The van der Waals surface area contributed by atoms with Crippen LogP contribution < -0.4 is 15.6 Å². The predicted octanol–water partition coefficient (Wildman–Crippen LogP) is 4.03. The zero-order chi connectivity index (χ0) is 20.0. The molecule has 2 aromatic rings. The summed E-state index contributed by atoms with van der Waals surface area (Å²) in [5.74, 6) is -0.119. The Balaban J connectivity index is 1.97. The average Bonchev–Trinajstić information content (AvgIpc) is 2.63. The molecule has 144 valence electrons. The second kappa shape index (κ2) is 9.46. The number of nitrogens with one attached hydrogen (secondary N) is 2. The van der Waals surface area contributed by atoms with Crippen LogP contribution in [-0.2, 0) is 4.79 Å². The molecule has 2 N–H and O–H groups in total. The Bertz CT molecular complexity index is 821. The van der Waals surface area contributed by atoms with Crippen LogP contribution >= 0.6 is 11.8 Å². The van der Waals surface area contributed by atoms with Crippen LogP contribution in [0.15, 0.2) is 47.4 Å². The molecular formula is C21H26N2O3S. The van der Waals surface area contributed by atoms with Gasteiger partial charge in [-0.15, -0.1) is 11.8 Å². The van der Waals surface area contributed by atoms with Gasteiger partial charge in [-0.2, -0.15) is 0 Å². The first kappa shape index (κ1) is 20.8. The number of aryl methyl sites for hydroxylation is 1. The molecule has 0 aliphatic carbocycles. The molecule has 0 saturated carbocycles. The third-order valence-corrected chi connectivity index (χ3v) is 5.10. The van der Waals surface area contributed by atoms with E-state index in [2.05, 4.69) is 24.7 Å². The molecule has 0 bridgehead atoms. The number of rotatable bonds is 6. The summed E-state index contributed by atoms with van der Waals surface area (Å²) in [6.07, 6.45) is -0.744. The SMILES string of the molecule is Cc1cccc(OC(C)C(=O)NNC(=O)c2ccccc2SC(C)C)c1C. The van der Waals surface area contributed by atoms with E-state index < -0.39 is 12.0 Å². The van der Waals surface area contributed by atoms with E-state index in [4.69, 9.17) is 4.74 Å². The monoisotopic (exact) mass is 386 g/mol. The van der Waals surface area contributed by atoms with Crippen molar-refractivity contribution in [2.45, 2.75) is 50.9 Å². The number of benzene rings is 2.